The number of hydrazine groups is 1. The van der Waals surface area contributed by atoms with E-state index >= 15 is 0 Å². The zero-order valence-corrected chi connectivity index (χ0v) is 25.6. The van der Waals surface area contributed by atoms with Crippen LogP contribution in [-0.2, 0) is 4.79 Å². The van der Waals surface area contributed by atoms with Crippen LogP contribution in [0.25, 0.3) is 22.2 Å². The molecular formula is C36H33N5O5. The number of nitro groups is 1. The van der Waals surface area contributed by atoms with Crippen LogP contribution in [0, 0.1) is 23.0 Å². The van der Waals surface area contributed by atoms with Crippen LogP contribution in [0.15, 0.2) is 97.1 Å². The highest BCUT2D eigenvalue weighted by Crippen LogP contribution is 2.46. The van der Waals surface area contributed by atoms with E-state index in [9.17, 15) is 24.5 Å². The van der Waals surface area contributed by atoms with Gasteiger partial charge in [-0.3, -0.25) is 35.3 Å². The summed E-state index contributed by atoms with van der Waals surface area (Å²) in [5.74, 6) is -1.43. The van der Waals surface area contributed by atoms with Crippen LogP contribution in [0.4, 0.5) is 5.69 Å². The number of rotatable bonds is 8. The third-order valence-electron chi connectivity index (χ3n) is 8.37. The average molecular weight is 616 g/mol. The Bertz CT molecular complexity index is 1980. The van der Waals surface area contributed by atoms with Gasteiger partial charge in [-0.05, 0) is 54.7 Å². The summed E-state index contributed by atoms with van der Waals surface area (Å²) in [5, 5.41) is 12.2. The summed E-state index contributed by atoms with van der Waals surface area (Å²) in [5.41, 5.74) is 10.3. The van der Waals surface area contributed by atoms with E-state index in [-0.39, 0.29) is 23.1 Å². The molecule has 6 rings (SSSR count). The fourth-order valence-electron chi connectivity index (χ4n) is 6.30. The molecule has 10 heteroatoms. The molecule has 46 heavy (non-hydrogen) atoms. The number of para-hydroxylation sites is 1. The summed E-state index contributed by atoms with van der Waals surface area (Å²) in [6.45, 7) is 5.49. The number of aromatic amines is 1. The molecular weight excluding hydrogens is 582 g/mol. The number of nitrogens with one attached hydrogen (secondary N) is 3. The van der Waals surface area contributed by atoms with Crippen LogP contribution in [0.1, 0.15) is 63.7 Å². The Labute approximate surface area is 265 Å². The number of nitro benzene ring substituents is 1. The first kappa shape index (κ1) is 30.3. The molecule has 0 spiro atoms. The van der Waals surface area contributed by atoms with Crippen molar-refractivity contribution < 1.29 is 19.3 Å². The van der Waals surface area contributed by atoms with Crippen molar-refractivity contribution in [3.63, 3.8) is 0 Å². The minimum Gasteiger partial charge on any atom is -0.354 e. The largest absolute Gasteiger partial charge is 0.354 e. The number of aryl methyl sites for hydroxylation is 1. The van der Waals surface area contributed by atoms with Crippen molar-refractivity contribution in [3.05, 3.63) is 135 Å². The van der Waals surface area contributed by atoms with Crippen molar-refractivity contribution in [1.82, 2.24) is 20.7 Å². The van der Waals surface area contributed by atoms with E-state index in [1.165, 1.54) is 25.1 Å². The van der Waals surface area contributed by atoms with Gasteiger partial charge < -0.3 is 9.88 Å². The van der Waals surface area contributed by atoms with Crippen LogP contribution in [-0.4, -0.2) is 38.6 Å². The molecule has 4 aromatic carbocycles. The Morgan fingerprint density at radius 3 is 2.35 bits per heavy atom. The minimum atomic E-state index is -0.943. The fourth-order valence-corrected chi connectivity index (χ4v) is 6.30. The van der Waals surface area contributed by atoms with E-state index in [4.69, 9.17) is 0 Å². The lowest BCUT2D eigenvalue weighted by Gasteiger charge is -2.34. The lowest BCUT2D eigenvalue weighted by atomic mass is 9.91. The number of H-pyrrole nitrogens is 1. The van der Waals surface area contributed by atoms with Gasteiger partial charge in [-0.25, -0.2) is 0 Å². The Balaban J connectivity index is 1.41. The maximum absolute atomic E-state index is 14.3. The summed E-state index contributed by atoms with van der Waals surface area (Å²) in [4.78, 5) is 57.2. The maximum Gasteiger partial charge on any atom is 0.272 e. The molecule has 0 saturated heterocycles. The number of carbonyl (C=O) groups excluding carboxylic acids is 3. The molecule has 1 aliphatic heterocycles. The average Bonchev–Trinajstić information content (AvgIpc) is 3.57. The quantitative estimate of drug-likeness (QED) is 0.136. The molecule has 1 aliphatic rings. The van der Waals surface area contributed by atoms with E-state index < -0.39 is 28.8 Å². The normalized spacial score (nSPS) is 14.7. The first-order chi connectivity index (χ1) is 22.2. The zero-order valence-electron chi connectivity index (χ0n) is 25.6. The van der Waals surface area contributed by atoms with Crippen LogP contribution in [0.3, 0.4) is 0 Å². The van der Waals surface area contributed by atoms with E-state index in [0.717, 1.165) is 33.3 Å². The van der Waals surface area contributed by atoms with Gasteiger partial charge in [0, 0.05) is 39.2 Å². The second-order valence-electron chi connectivity index (χ2n) is 11.9. The van der Waals surface area contributed by atoms with Gasteiger partial charge in [0.25, 0.3) is 23.4 Å². The maximum atomic E-state index is 14.3. The number of carbonyl (C=O) groups is 3. The number of hydrogen-bond acceptors (Lipinski definition) is 5. The van der Waals surface area contributed by atoms with Gasteiger partial charge in [0.1, 0.15) is 6.04 Å². The molecule has 1 aromatic heterocycles. The molecule has 0 radical (unpaired) electrons. The molecule has 2 unspecified atom stereocenters. The van der Waals surface area contributed by atoms with Crippen molar-refractivity contribution in [2.24, 2.45) is 5.92 Å². The topological polar surface area (TPSA) is 137 Å². The predicted molar refractivity (Wildman–Crippen MR) is 175 cm³/mol. The number of amides is 3. The second kappa shape index (κ2) is 12.3. The highest BCUT2D eigenvalue weighted by atomic mass is 16.6. The number of benzene rings is 4. The van der Waals surface area contributed by atoms with Crippen LogP contribution < -0.4 is 10.9 Å². The molecule has 0 bridgehead atoms. The molecule has 0 saturated carbocycles. The summed E-state index contributed by atoms with van der Waals surface area (Å²) in [6, 6.07) is 27.6. The molecule has 232 valence electrons. The molecule has 0 fully saturated rings. The summed E-state index contributed by atoms with van der Waals surface area (Å²) >= 11 is 0. The fraction of sp³-hybridized carbons (Fsp3) is 0.194. The third-order valence-corrected chi connectivity index (χ3v) is 8.37. The molecule has 0 aliphatic carbocycles. The van der Waals surface area contributed by atoms with Crippen molar-refractivity contribution in [1.29, 1.82) is 0 Å². The Kier molecular flexibility index (Phi) is 8.10. The van der Waals surface area contributed by atoms with E-state index in [2.05, 4.69) is 15.8 Å². The van der Waals surface area contributed by atoms with Gasteiger partial charge in [-0.2, -0.15) is 0 Å². The first-order valence-electron chi connectivity index (χ1n) is 15.1. The smallest absolute Gasteiger partial charge is 0.272 e. The highest BCUT2D eigenvalue weighted by molar-refractivity contribution is 6.05. The first-order valence-corrected chi connectivity index (χ1v) is 15.1. The number of hydrogen-bond donors (Lipinski definition) is 3. The number of aromatic nitrogens is 1. The van der Waals surface area contributed by atoms with Crippen LogP contribution in [0.2, 0.25) is 0 Å². The lowest BCUT2D eigenvalue weighted by molar-refractivity contribution is -0.385. The van der Waals surface area contributed by atoms with E-state index in [1.54, 1.807) is 11.0 Å². The lowest BCUT2D eigenvalue weighted by Crippen LogP contribution is -2.53. The summed E-state index contributed by atoms with van der Waals surface area (Å²) < 4.78 is 0. The zero-order chi connectivity index (χ0) is 32.5. The van der Waals surface area contributed by atoms with Crippen LogP contribution in [0.5, 0.6) is 0 Å². The number of nitrogens with zero attached hydrogens (tertiary/aromatic N) is 2. The van der Waals surface area contributed by atoms with Gasteiger partial charge in [0.05, 0.1) is 16.7 Å². The molecule has 3 N–H and O–H groups in total. The van der Waals surface area contributed by atoms with E-state index in [0.29, 0.717) is 17.5 Å². The van der Waals surface area contributed by atoms with Gasteiger partial charge in [0.15, 0.2) is 0 Å². The number of fused-ring (bicyclic) bond motifs is 2. The van der Waals surface area contributed by atoms with Crippen molar-refractivity contribution >= 4 is 34.3 Å². The van der Waals surface area contributed by atoms with Gasteiger partial charge in [-0.1, -0.05) is 80.6 Å². The van der Waals surface area contributed by atoms with Crippen molar-refractivity contribution in [2.75, 3.05) is 0 Å². The second-order valence-corrected chi connectivity index (χ2v) is 11.9. The predicted octanol–water partition coefficient (Wildman–Crippen LogP) is 6.47. The van der Waals surface area contributed by atoms with Gasteiger partial charge >= 0.3 is 0 Å². The van der Waals surface area contributed by atoms with Gasteiger partial charge in [-0.15, -0.1) is 0 Å². The minimum absolute atomic E-state index is 0.0255. The monoisotopic (exact) mass is 615 g/mol. The molecule has 10 nitrogen and oxygen atoms in total. The SMILES string of the molecule is Cc1cc(C(=O)NNC(=O)C(CC(C)C)N2C(=O)c3ccccc3C2c2c(-c3ccccc3)[nH]c3ccccc23)ccc1[N+](=O)[O-]. The van der Waals surface area contributed by atoms with Crippen LogP contribution >= 0.6 is 0 Å². The summed E-state index contributed by atoms with van der Waals surface area (Å²) in [7, 11) is 0. The Morgan fingerprint density at radius 2 is 1.63 bits per heavy atom. The molecule has 2 atom stereocenters. The Morgan fingerprint density at radius 1 is 0.935 bits per heavy atom. The van der Waals surface area contributed by atoms with Crippen molar-refractivity contribution in [2.45, 2.75) is 39.3 Å². The van der Waals surface area contributed by atoms with Crippen molar-refractivity contribution in [3.8, 4) is 11.3 Å². The molecule has 3 amide bonds. The van der Waals surface area contributed by atoms with E-state index in [1.807, 2.05) is 86.6 Å². The third kappa shape index (κ3) is 5.49. The standard InChI is InChI=1S/C36H33N5O5/c1-21(2)19-30(35(43)39-38-34(42)24-17-18-29(41(45)46)22(3)20-24)40-33(25-13-7-8-14-26(25)36(40)44)31-27-15-9-10-16-28(27)37-32(31)23-11-5-4-6-12-23/h4-18,20-21,30,33,37H,19H2,1-3H3,(H,38,42)(H,39,43). The van der Waals surface area contributed by atoms with Gasteiger partial charge in [0.2, 0.25) is 0 Å². The Hall–Kier alpha value is -5.77. The molecule has 2 heterocycles. The highest BCUT2D eigenvalue weighted by Gasteiger charge is 2.46. The molecule has 5 aromatic rings. The summed E-state index contributed by atoms with van der Waals surface area (Å²) in [6.07, 6.45) is 0.331.